The average Bonchev–Trinajstić information content (AvgIpc) is 3.21. The van der Waals surface area contributed by atoms with Gasteiger partial charge in [-0.2, -0.15) is 0 Å². The maximum Gasteiger partial charge on any atom is 0.417 e. The van der Waals surface area contributed by atoms with Crippen molar-refractivity contribution in [1.29, 1.82) is 0 Å². The number of imide groups is 1. The number of rotatable bonds is 9. The number of amides is 2. The Balaban J connectivity index is 1.85. The number of nitrogens with zero attached hydrogens (tertiary/aromatic N) is 2. The Hall–Kier alpha value is -3.92. The minimum absolute atomic E-state index is 0.0929. The molecule has 1 fully saturated rings. The molecule has 2 aromatic carbocycles. The van der Waals surface area contributed by atoms with Crippen LogP contribution in [0.2, 0.25) is 0 Å². The first-order valence-corrected chi connectivity index (χ1v) is 11.0. The molecule has 1 saturated heterocycles. The van der Waals surface area contributed by atoms with Gasteiger partial charge in [-0.05, 0) is 25.0 Å². The molecule has 10 heteroatoms. The first-order valence-electron chi connectivity index (χ1n) is 11.0. The highest BCUT2D eigenvalue weighted by Gasteiger charge is 2.38. The molecule has 3 atom stereocenters. The number of hydrogen-bond donors (Lipinski definition) is 1. The van der Waals surface area contributed by atoms with Crippen molar-refractivity contribution in [3.8, 4) is 11.5 Å². The van der Waals surface area contributed by atoms with Crippen molar-refractivity contribution in [3.05, 3.63) is 75.4 Å². The van der Waals surface area contributed by atoms with Crippen molar-refractivity contribution in [1.82, 2.24) is 4.90 Å². The van der Waals surface area contributed by atoms with Crippen molar-refractivity contribution < 1.29 is 33.8 Å². The summed E-state index contributed by atoms with van der Waals surface area (Å²) < 4.78 is 15.5. The summed E-state index contributed by atoms with van der Waals surface area (Å²) in [4.78, 5) is 37.4. The van der Waals surface area contributed by atoms with Crippen LogP contribution < -0.4 is 9.47 Å². The van der Waals surface area contributed by atoms with E-state index >= 15 is 0 Å². The van der Waals surface area contributed by atoms with Gasteiger partial charge in [0.1, 0.15) is 12.4 Å². The van der Waals surface area contributed by atoms with Crippen molar-refractivity contribution in [2.45, 2.75) is 32.4 Å². The summed E-state index contributed by atoms with van der Waals surface area (Å²) >= 11 is 0. The molecule has 0 aromatic heterocycles. The molecule has 2 amide bonds. The minimum atomic E-state index is -1.26. The molecule has 10 nitrogen and oxygen atoms in total. The van der Waals surface area contributed by atoms with E-state index in [-0.39, 0.29) is 34.9 Å². The Morgan fingerprint density at radius 2 is 1.97 bits per heavy atom. The highest BCUT2D eigenvalue weighted by Crippen LogP contribution is 2.41. The number of carbonyl (C=O) groups excluding carboxylic acids is 2. The SMILES string of the molecule is COc1cc([C@H](O)[C@@H](C)/C=C(\C)C(=O)N2C(=O)OC[C@@H]2Cc2ccccc2)c(OC)c([N+](=O)[O-])c1. The Morgan fingerprint density at radius 3 is 2.57 bits per heavy atom. The van der Waals surface area contributed by atoms with Gasteiger partial charge in [0.2, 0.25) is 5.75 Å². The second-order valence-corrected chi connectivity index (χ2v) is 8.28. The molecule has 0 saturated carbocycles. The maximum atomic E-state index is 13.2. The molecule has 2 aromatic rings. The summed E-state index contributed by atoms with van der Waals surface area (Å²) in [5, 5.41) is 22.5. The average molecular weight is 485 g/mol. The molecule has 35 heavy (non-hydrogen) atoms. The fourth-order valence-corrected chi connectivity index (χ4v) is 4.08. The van der Waals surface area contributed by atoms with E-state index in [1.54, 1.807) is 13.8 Å². The van der Waals surface area contributed by atoms with Crippen LogP contribution in [0.1, 0.15) is 31.1 Å². The van der Waals surface area contributed by atoms with Gasteiger partial charge in [0, 0.05) is 17.1 Å². The molecule has 0 radical (unpaired) electrons. The molecule has 0 bridgehead atoms. The number of aliphatic hydroxyl groups excluding tert-OH is 1. The van der Waals surface area contributed by atoms with Crippen LogP contribution in [0.3, 0.4) is 0 Å². The summed E-state index contributed by atoms with van der Waals surface area (Å²) in [6.07, 6.45) is -0.00804. The predicted octanol–water partition coefficient (Wildman–Crippen LogP) is 3.82. The largest absolute Gasteiger partial charge is 0.496 e. The normalized spacial score (nSPS) is 17.5. The van der Waals surface area contributed by atoms with Crippen LogP contribution in [0.4, 0.5) is 10.5 Å². The Kier molecular flexibility index (Phi) is 8.08. The Morgan fingerprint density at radius 1 is 1.29 bits per heavy atom. The summed E-state index contributed by atoms with van der Waals surface area (Å²) in [5.74, 6) is -1.11. The lowest BCUT2D eigenvalue weighted by molar-refractivity contribution is -0.385. The first-order chi connectivity index (χ1) is 16.7. The smallest absolute Gasteiger partial charge is 0.417 e. The fourth-order valence-electron chi connectivity index (χ4n) is 4.08. The molecule has 0 aliphatic carbocycles. The van der Waals surface area contributed by atoms with Gasteiger partial charge in [-0.3, -0.25) is 14.9 Å². The quantitative estimate of drug-likeness (QED) is 0.323. The van der Waals surface area contributed by atoms with Crippen LogP contribution in [-0.4, -0.2) is 53.8 Å². The van der Waals surface area contributed by atoms with Gasteiger partial charge < -0.3 is 19.3 Å². The topological polar surface area (TPSA) is 128 Å². The second-order valence-electron chi connectivity index (χ2n) is 8.28. The zero-order chi connectivity index (χ0) is 25.7. The number of nitro benzene ring substituents is 1. The van der Waals surface area contributed by atoms with Crippen molar-refractivity contribution in [2.75, 3.05) is 20.8 Å². The van der Waals surface area contributed by atoms with E-state index in [1.165, 1.54) is 32.4 Å². The first kappa shape index (κ1) is 25.7. The van der Waals surface area contributed by atoms with Gasteiger partial charge >= 0.3 is 11.8 Å². The molecule has 1 N–H and O–H groups in total. The predicted molar refractivity (Wildman–Crippen MR) is 126 cm³/mol. The number of hydrogen-bond acceptors (Lipinski definition) is 8. The van der Waals surface area contributed by atoms with Gasteiger partial charge in [0.25, 0.3) is 5.91 Å². The maximum absolute atomic E-state index is 13.2. The Bertz CT molecular complexity index is 1130. The van der Waals surface area contributed by atoms with E-state index in [4.69, 9.17) is 14.2 Å². The van der Waals surface area contributed by atoms with Crippen LogP contribution in [0.25, 0.3) is 0 Å². The summed E-state index contributed by atoms with van der Waals surface area (Å²) in [5.41, 5.74) is 0.981. The van der Waals surface area contributed by atoms with Crippen molar-refractivity contribution >= 4 is 17.7 Å². The van der Waals surface area contributed by atoms with Crippen LogP contribution in [0, 0.1) is 16.0 Å². The summed E-state index contributed by atoms with van der Waals surface area (Å²) in [6.45, 7) is 3.29. The molecule has 1 aliphatic heterocycles. The van der Waals surface area contributed by atoms with Crippen LogP contribution >= 0.6 is 0 Å². The van der Waals surface area contributed by atoms with Crippen molar-refractivity contribution in [3.63, 3.8) is 0 Å². The molecular formula is C25H28N2O8. The second kappa shape index (κ2) is 11.0. The zero-order valence-corrected chi connectivity index (χ0v) is 20.0. The zero-order valence-electron chi connectivity index (χ0n) is 20.0. The van der Waals surface area contributed by atoms with Gasteiger partial charge in [0.15, 0.2) is 0 Å². The molecule has 186 valence electrons. The lowest BCUT2D eigenvalue weighted by Gasteiger charge is -2.22. The van der Waals surface area contributed by atoms with E-state index < -0.39 is 35.0 Å². The number of benzene rings is 2. The van der Waals surface area contributed by atoms with Gasteiger partial charge in [0.05, 0.1) is 37.4 Å². The van der Waals surface area contributed by atoms with Gasteiger partial charge in [-0.15, -0.1) is 0 Å². The molecule has 0 unspecified atom stereocenters. The number of methoxy groups -OCH3 is 2. The number of carbonyl (C=O) groups is 2. The van der Waals surface area contributed by atoms with E-state index in [2.05, 4.69) is 0 Å². The molecular weight excluding hydrogens is 456 g/mol. The van der Waals surface area contributed by atoms with Crippen LogP contribution in [0.15, 0.2) is 54.1 Å². The summed E-state index contributed by atoms with van der Waals surface area (Å²) in [6, 6.07) is 11.7. The van der Waals surface area contributed by atoms with E-state index in [9.17, 15) is 24.8 Å². The number of nitro groups is 1. The summed E-state index contributed by atoms with van der Waals surface area (Å²) in [7, 11) is 2.63. The molecule has 1 aliphatic rings. The van der Waals surface area contributed by atoms with Gasteiger partial charge in [-0.1, -0.05) is 43.3 Å². The Labute approximate surface area is 202 Å². The van der Waals surface area contributed by atoms with E-state index in [0.717, 1.165) is 10.5 Å². The fraction of sp³-hybridized carbons (Fsp3) is 0.360. The third-order valence-corrected chi connectivity index (χ3v) is 5.87. The van der Waals surface area contributed by atoms with Crippen LogP contribution in [-0.2, 0) is 16.0 Å². The molecule has 0 spiro atoms. The third-order valence-electron chi connectivity index (χ3n) is 5.87. The number of ether oxygens (including phenoxy) is 3. The van der Waals surface area contributed by atoms with Crippen LogP contribution in [0.5, 0.6) is 11.5 Å². The number of cyclic esters (lactones) is 1. The number of aliphatic hydroxyl groups is 1. The van der Waals surface area contributed by atoms with Gasteiger partial charge in [-0.25, -0.2) is 9.69 Å². The third kappa shape index (κ3) is 5.60. The molecule has 1 heterocycles. The highest BCUT2D eigenvalue weighted by atomic mass is 16.6. The van der Waals surface area contributed by atoms with E-state index in [0.29, 0.717) is 6.42 Å². The molecule has 3 rings (SSSR count). The lowest BCUT2D eigenvalue weighted by atomic mass is 9.93. The standard InChI is InChI=1S/C25H28N2O8/c1-15(22(28)20-12-19(33-3)13-21(27(31)32)23(20)34-4)10-16(2)24(29)26-18(14-35-25(26)30)11-17-8-6-5-7-9-17/h5-10,12-13,15,18,22,28H,11,14H2,1-4H3/b16-10+/t15-,18-,22+/m0/s1. The van der Waals surface area contributed by atoms with Crippen molar-refractivity contribution in [2.24, 2.45) is 5.92 Å². The monoisotopic (exact) mass is 484 g/mol. The van der Waals surface area contributed by atoms with E-state index in [1.807, 2.05) is 30.3 Å². The minimum Gasteiger partial charge on any atom is -0.496 e. The lowest BCUT2D eigenvalue weighted by Crippen LogP contribution is -2.40. The highest BCUT2D eigenvalue weighted by molar-refractivity contribution is 6.03.